The average molecular weight is 423 g/mol. The van der Waals surface area contributed by atoms with Crippen LogP contribution in [0.3, 0.4) is 0 Å². The Hall–Kier alpha value is -2.54. The highest BCUT2D eigenvalue weighted by atomic mass is 19.1. The van der Waals surface area contributed by atoms with Crippen LogP contribution in [0, 0.1) is 5.92 Å². The maximum absolute atomic E-state index is 15.2. The van der Waals surface area contributed by atoms with E-state index in [0.717, 1.165) is 34.9 Å². The van der Waals surface area contributed by atoms with Gasteiger partial charge >= 0.3 is 0 Å². The van der Waals surface area contributed by atoms with Crippen molar-refractivity contribution in [2.45, 2.75) is 57.7 Å². The lowest BCUT2D eigenvalue weighted by Crippen LogP contribution is -2.46. The molecule has 6 nitrogen and oxygen atoms in total. The number of fused-ring (bicyclic) bond motifs is 3. The van der Waals surface area contributed by atoms with Crippen LogP contribution in [0.2, 0.25) is 0 Å². The lowest BCUT2D eigenvalue weighted by molar-refractivity contribution is 0.0899. The SMILES string of the molecule is C[C@H]1CNC[C@](F)(CCNc2nc(-c3cnn(C(C)(C)C)c3)cc3c2C2C=C2C=N3)C1. The Morgan fingerprint density at radius 3 is 2.94 bits per heavy atom. The molecule has 5 rings (SSSR count). The molecule has 0 saturated carbocycles. The molecule has 0 aromatic carbocycles. The van der Waals surface area contributed by atoms with E-state index in [4.69, 9.17) is 4.98 Å². The molecule has 7 heteroatoms. The van der Waals surface area contributed by atoms with Gasteiger partial charge in [0.1, 0.15) is 11.5 Å². The van der Waals surface area contributed by atoms with Crippen LogP contribution < -0.4 is 10.6 Å². The Bertz CT molecular complexity index is 1060. The molecule has 3 atom stereocenters. The van der Waals surface area contributed by atoms with E-state index in [2.05, 4.69) is 54.5 Å². The first-order valence-electron chi connectivity index (χ1n) is 11.2. The molecule has 0 spiro atoms. The first-order valence-corrected chi connectivity index (χ1v) is 11.2. The van der Waals surface area contributed by atoms with Crippen LogP contribution in [-0.2, 0) is 5.54 Å². The second-order valence-corrected chi connectivity index (χ2v) is 10.3. The van der Waals surface area contributed by atoms with Crippen molar-refractivity contribution in [1.82, 2.24) is 20.1 Å². The van der Waals surface area contributed by atoms with Crippen molar-refractivity contribution in [2.75, 3.05) is 25.0 Å². The first kappa shape index (κ1) is 20.4. The third-order valence-corrected chi connectivity index (χ3v) is 6.39. The predicted molar refractivity (Wildman–Crippen MR) is 123 cm³/mol. The summed E-state index contributed by atoms with van der Waals surface area (Å²) in [5.41, 5.74) is 3.79. The minimum absolute atomic E-state index is 0.0981. The molecule has 1 unspecified atom stereocenters. The second-order valence-electron chi connectivity index (χ2n) is 10.3. The number of alkyl halides is 1. The van der Waals surface area contributed by atoms with Gasteiger partial charge in [0.15, 0.2) is 0 Å². The topological polar surface area (TPSA) is 67.1 Å². The largest absolute Gasteiger partial charge is 0.370 e. The van der Waals surface area contributed by atoms with Crippen molar-refractivity contribution >= 4 is 17.7 Å². The normalized spacial score (nSPS) is 26.8. The quantitative estimate of drug-likeness (QED) is 0.740. The van der Waals surface area contributed by atoms with Crippen LogP contribution in [0.25, 0.3) is 11.3 Å². The van der Waals surface area contributed by atoms with Gasteiger partial charge in [0.2, 0.25) is 0 Å². The third kappa shape index (κ3) is 4.03. The number of piperidine rings is 1. The minimum Gasteiger partial charge on any atom is -0.370 e. The summed E-state index contributed by atoms with van der Waals surface area (Å²) in [6.07, 6.45) is 9.08. The fourth-order valence-corrected chi connectivity index (χ4v) is 4.63. The third-order valence-electron chi connectivity index (χ3n) is 6.39. The number of allylic oxidation sites excluding steroid dienone is 2. The van der Waals surface area contributed by atoms with Crippen LogP contribution in [0.4, 0.5) is 15.9 Å². The van der Waals surface area contributed by atoms with Crippen LogP contribution in [0.1, 0.15) is 52.0 Å². The van der Waals surface area contributed by atoms with Crippen molar-refractivity contribution in [1.29, 1.82) is 0 Å². The second kappa shape index (κ2) is 7.26. The molecule has 31 heavy (non-hydrogen) atoms. The van der Waals surface area contributed by atoms with E-state index in [1.54, 1.807) is 0 Å². The Kier molecular flexibility index (Phi) is 4.77. The Labute approximate surface area is 183 Å². The fourth-order valence-electron chi connectivity index (χ4n) is 4.63. The number of nitrogens with one attached hydrogen (secondary N) is 2. The van der Waals surface area contributed by atoms with Crippen LogP contribution in [-0.4, -0.2) is 46.3 Å². The van der Waals surface area contributed by atoms with Crippen LogP contribution in [0.15, 0.2) is 35.1 Å². The van der Waals surface area contributed by atoms with Crippen molar-refractivity contribution in [3.8, 4) is 11.3 Å². The molecule has 2 aromatic heterocycles. The number of halogens is 1. The van der Waals surface area contributed by atoms with Crippen molar-refractivity contribution < 1.29 is 4.39 Å². The molecule has 2 aromatic rings. The zero-order valence-corrected chi connectivity index (χ0v) is 18.7. The lowest BCUT2D eigenvalue weighted by Gasteiger charge is -2.34. The molecular weight excluding hydrogens is 391 g/mol. The fraction of sp³-hybridized carbons (Fsp3) is 0.542. The molecule has 0 bridgehead atoms. The summed E-state index contributed by atoms with van der Waals surface area (Å²) in [7, 11) is 0. The molecule has 1 aliphatic carbocycles. The standard InChI is InChI=1S/C24H31FN6/c1-15-9-24(25,14-26-10-15)5-6-27-22-21-18-7-16(18)11-28-20(21)8-19(30-22)17-12-29-31(13-17)23(2,3)4/h7-8,11-13,15,18,26H,5-6,9-10,14H2,1-4H3,(H,27,30)/t15-,18?,24+/m1/s1. The van der Waals surface area contributed by atoms with Crippen molar-refractivity contribution in [3.63, 3.8) is 0 Å². The lowest BCUT2D eigenvalue weighted by atomic mass is 9.86. The van der Waals surface area contributed by atoms with Gasteiger partial charge in [-0.1, -0.05) is 13.0 Å². The molecule has 0 amide bonds. The minimum atomic E-state index is -1.17. The highest BCUT2D eigenvalue weighted by Crippen LogP contribution is 2.49. The predicted octanol–water partition coefficient (Wildman–Crippen LogP) is 4.58. The van der Waals surface area contributed by atoms with Gasteiger partial charge in [0.25, 0.3) is 0 Å². The van der Waals surface area contributed by atoms with E-state index in [-0.39, 0.29) is 11.5 Å². The van der Waals surface area contributed by atoms with E-state index in [1.165, 1.54) is 5.57 Å². The molecule has 3 aliphatic rings. The highest BCUT2D eigenvalue weighted by Gasteiger charge is 2.36. The van der Waals surface area contributed by atoms with Gasteiger partial charge in [-0.05, 0) is 57.7 Å². The first-order chi connectivity index (χ1) is 14.7. The van der Waals surface area contributed by atoms with Gasteiger partial charge < -0.3 is 10.6 Å². The van der Waals surface area contributed by atoms with E-state index in [1.807, 2.05) is 29.4 Å². The summed E-state index contributed by atoms with van der Waals surface area (Å²) < 4.78 is 17.2. The molecule has 0 radical (unpaired) electrons. The summed E-state index contributed by atoms with van der Waals surface area (Å²) >= 11 is 0. The number of hydrogen-bond donors (Lipinski definition) is 2. The number of anilines is 1. The monoisotopic (exact) mass is 422 g/mol. The molecule has 2 N–H and O–H groups in total. The molecule has 4 heterocycles. The van der Waals surface area contributed by atoms with Gasteiger partial charge in [-0.25, -0.2) is 9.37 Å². The number of aromatic nitrogens is 3. The number of pyridine rings is 1. The number of aliphatic imine (C=N–C) groups is 1. The summed E-state index contributed by atoms with van der Waals surface area (Å²) in [5.74, 6) is 1.45. The highest BCUT2D eigenvalue weighted by molar-refractivity contribution is 5.96. The summed E-state index contributed by atoms with van der Waals surface area (Å²) in [6, 6.07) is 2.04. The van der Waals surface area contributed by atoms with Gasteiger partial charge in [-0.2, -0.15) is 5.10 Å². The average Bonchev–Trinajstić information content (AvgIpc) is 3.30. The van der Waals surface area contributed by atoms with Crippen molar-refractivity contribution in [3.05, 3.63) is 35.7 Å². The van der Waals surface area contributed by atoms with Gasteiger partial charge in [-0.3, -0.25) is 9.67 Å². The van der Waals surface area contributed by atoms with Crippen LogP contribution >= 0.6 is 0 Å². The molecule has 2 aliphatic heterocycles. The smallest absolute Gasteiger partial charge is 0.133 e. The zero-order valence-electron chi connectivity index (χ0n) is 18.7. The molecule has 1 fully saturated rings. The molecular formula is C24H31FN6. The number of rotatable bonds is 5. The summed E-state index contributed by atoms with van der Waals surface area (Å²) in [4.78, 5) is 9.59. The van der Waals surface area contributed by atoms with Crippen molar-refractivity contribution in [2.24, 2.45) is 10.9 Å². The maximum Gasteiger partial charge on any atom is 0.133 e. The number of nitrogens with zero attached hydrogens (tertiary/aromatic N) is 4. The van der Waals surface area contributed by atoms with E-state index >= 15 is 4.39 Å². The van der Waals surface area contributed by atoms with Crippen LogP contribution in [0.5, 0.6) is 0 Å². The van der Waals surface area contributed by atoms with Gasteiger partial charge in [0, 0.05) is 42.5 Å². The van der Waals surface area contributed by atoms with Gasteiger partial charge in [0.05, 0.1) is 23.1 Å². The van der Waals surface area contributed by atoms with E-state index in [9.17, 15) is 0 Å². The summed E-state index contributed by atoms with van der Waals surface area (Å²) in [5, 5.41) is 11.2. The zero-order chi connectivity index (χ0) is 21.8. The number of hydrogen-bond acceptors (Lipinski definition) is 5. The molecule has 1 saturated heterocycles. The summed E-state index contributed by atoms with van der Waals surface area (Å²) in [6.45, 7) is 10.3. The van der Waals surface area contributed by atoms with Gasteiger partial charge in [-0.15, -0.1) is 0 Å². The van der Waals surface area contributed by atoms with E-state index < -0.39 is 5.67 Å². The Morgan fingerprint density at radius 1 is 1.35 bits per heavy atom. The Morgan fingerprint density at radius 2 is 2.19 bits per heavy atom. The van der Waals surface area contributed by atoms with E-state index in [0.29, 0.717) is 31.8 Å². The maximum atomic E-state index is 15.2. The Balaban J connectivity index is 1.40. The molecule has 164 valence electrons.